The normalized spacial score (nSPS) is 19.1. The van der Waals surface area contributed by atoms with Gasteiger partial charge in [-0.3, -0.25) is 14.2 Å². The van der Waals surface area contributed by atoms with E-state index in [1.807, 2.05) is 26.0 Å². The van der Waals surface area contributed by atoms with Crippen LogP contribution in [-0.2, 0) is 61.7 Å². The van der Waals surface area contributed by atoms with Gasteiger partial charge in [-0.15, -0.1) is 0 Å². The number of alkyl halides is 6. The van der Waals surface area contributed by atoms with E-state index in [0.717, 1.165) is 73.6 Å². The molecular formula is C60H67F6N10O9P. The molecule has 10 rings (SSSR count). The Labute approximate surface area is 493 Å². The van der Waals surface area contributed by atoms with Gasteiger partial charge in [-0.05, 0) is 147 Å². The lowest BCUT2D eigenvalue weighted by molar-refractivity contribution is -0.138. The molecule has 19 nitrogen and oxygen atoms in total. The number of nitrogens with one attached hydrogen (secondary N) is 4. The van der Waals surface area contributed by atoms with Gasteiger partial charge in [0.1, 0.15) is 34.3 Å². The molecule has 2 amide bonds. The maximum Gasteiger partial charge on any atom is 0.421 e. The monoisotopic (exact) mass is 1220 g/mol. The molecule has 0 spiro atoms. The fraction of sp³-hybridized carbons (Fsp3) is 0.433. The first kappa shape index (κ1) is 61.5. The molecule has 0 saturated heterocycles. The van der Waals surface area contributed by atoms with E-state index in [1.54, 1.807) is 72.4 Å². The van der Waals surface area contributed by atoms with Crippen molar-refractivity contribution in [1.29, 1.82) is 0 Å². The molecule has 86 heavy (non-hydrogen) atoms. The Morgan fingerprint density at radius 1 is 0.558 bits per heavy atom. The molecule has 6 aromatic rings. The summed E-state index contributed by atoms with van der Waals surface area (Å²) in [5, 5.41) is 11.5. The molecular weight excluding hydrogens is 1150 g/mol. The lowest BCUT2D eigenvalue weighted by Crippen LogP contribution is -2.21. The summed E-state index contributed by atoms with van der Waals surface area (Å²) >= 11 is 0. The van der Waals surface area contributed by atoms with Gasteiger partial charge in [-0.1, -0.05) is 24.3 Å². The highest BCUT2D eigenvalue weighted by molar-refractivity contribution is 7.33. The van der Waals surface area contributed by atoms with Crippen LogP contribution in [0.4, 0.5) is 72.6 Å². The highest BCUT2D eigenvalue weighted by Gasteiger charge is 2.40. The number of methoxy groups -OCH3 is 2. The number of nitrogens with zero attached hydrogens (tertiary/aromatic N) is 6. The van der Waals surface area contributed by atoms with E-state index >= 15 is 0 Å². The second kappa shape index (κ2) is 26.2. The van der Waals surface area contributed by atoms with Crippen molar-refractivity contribution in [3.8, 4) is 11.5 Å². The minimum Gasteiger partial charge on any atom is -0.495 e. The van der Waals surface area contributed by atoms with E-state index in [4.69, 9.17) is 28.0 Å². The third kappa shape index (κ3) is 13.7. The topological polar surface area (TPSA) is 213 Å². The second-order valence-corrected chi connectivity index (χ2v) is 22.7. The van der Waals surface area contributed by atoms with Crippen molar-refractivity contribution >= 4 is 66.4 Å². The van der Waals surface area contributed by atoms with Crippen molar-refractivity contribution in [2.75, 3.05) is 62.8 Å². The molecule has 2 aliphatic heterocycles. The lowest BCUT2D eigenvalue weighted by Gasteiger charge is -2.30. The number of hydrogen-bond acceptors (Lipinski definition) is 17. The summed E-state index contributed by atoms with van der Waals surface area (Å²) in [6, 6.07) is 16.5. The maximum atomic E-state index is 14.5. The number of halogens is 6. The van der Waals surface area contributed by atoms with Crippen molar-refractivity contribution in [3.05, 3.63) is 129 Å². The number of benzene rings is 4. The Hall–Kier alpha value is -7.57. The highest BCUT2D eigenvalue weighted by atomic mass is 31.1. The molecule has 4 N–H and O–H groups in total. The van der Waals surface area contributed by atoms with E-state index in [2.05, 4.69) is 41.2 Å². The summed E-state index contributed by atoms with van der Waals surface area (Å²) in [7, 11) is 2.94. The van der Waals surface area contributed by atoms with Crippen molar-refractivity contribution in [2.24, 2.45) is 0 Å². The Morgan fingerprint density at radius 3 is 1.30 bits per heavy atom. The number of carbonyl (C=O) groups excluding carboxylic acids is 2. The Bertz CT molecular complexity index is 3280. The number of amides is 2. The molecule has 0 atom stereocenters. The maximum absolute atomic E-state index is 14.5. The van der Waals surface area contributed by atoms with Crippen LogP contribution in [0.5, 0.6) is 11.5 Å². The summed E-state index contributed by atoms with van der Waals surface area (Å²) in [4.78, 5) is 46.6. The van der Waals surface area contributed by atoms with Gasteiger partial charge in [0.2, 0.25) is 11.9 Å². The predicted octanol–water partition coefficient (Wildman–Crippen LogP) is 13.7. The summed E-state index contributed by atoms with van der Waals surface area (Å²) in [5.74, 6) is -1.39. The molecule has 4 heterocycles. The van der Waals surface area contributed by atoms with Crippen molar-refractivity contribution in [2.45, 2.75) is 128 Å². The SMILES string of the molecule is CCOC1CCC(c2ccc(Nc3nc(Nc4ccc(CO[PH](=O)OCc5ccc(Nc6ncc(C(F)(F)F)c(Nc7ccc(C8CCC(OCC)CC8)c8c7C(=O)N(C)C8)n6)c(OC)c5)cc4OC)ncc3C(F)(F)F)c3c2CN(C)C3=O)CC1. The van der Waals surface area contributed by atoms with E-state index < -0.39 is 43.4 Å². The number of fused-ring (bicyclic) bond motifs is 2. The van der Waals surface area contributed by atoms with E-state index in [1.165, 1.54) is 14.2 Å². The third-order valence-electron chi connectivity index (χ3n) is 16.1. The second-order valence-electron chi connectivity index (χ2n) is 21.6. The zero-order valence-corrected chi connectivity index (χ0v) is 49.3. The van der Waals surface area contributed by atoms with E-state index in [0.29, 0.717) is 61.0 Å². The van der Waals surface area contributed by atoms with Crippen LogP contribution in [-0.4, -0.2) is 95.3 Å². The number of hydrogen-bond donors (Lipinski definition) is 4. The molecule has 0 radical (unpaired) electrons. The number of ether oxygens (including phenoxy) is 4. The van der Waals surface area contributed by atoms with Crippen LogP contribution < -0.4 is 30.7 Å². The van der Waals surface area contributed by atoms with Crippen molar-refractivity contribution in [3.63, 3.8) is 0 Å². The first-order valence-electron chi connectivity index (χ1n) is 28.4. The van der Waals surface area contributed by atoms with Crippen LogP contribution in [0.2, 0.25) is 0 Å². The third-order valence-corrected chi connectivity index (χ3v) is 16.8. The van der Waals surface area contributed by atoms with Crippen LogP contribution >= 0.6 is 8.25 Å². The van der Waals surface area contributed by atoms with E-state index in [-0.39, 0.29) is 95.2 Å². The lowest BCUT2D eigenvalue weighted by atomic mass is 9.80. The number of anilines is 8. The molecule has 0 unspecified atom stereocenters. The minimum absolute atomic E-state index is 0.176. The number of aromatic nitrogens is 4. The molecule has 4 aliphatic rings. The van der Waals surface area contributed by atoms with Gasteiger partial charge in [0.05, 0.1) is 73.5 Å². The summed E-state index contributed by atoms with van der Waals surface area (Å²) in [6.07, 6.45) is -1.09. The van der Waals surface area contributed by atoms with Crippen LogP contribution in [0, 0.1) is 0 Å². The van der Waals surface area contributed by atoms with Gasteiger partial charge in [-0.2, -0.15) is 36.3 Å². The molecule has 2 saturated carbocycles. The summed E-state index contributed by atoms with van der Waals surface area (Å²) < 4.78 is 134. The van der Waals surface area contributed by atoms with Crippen LogP contribution in [0.3, 0.4) is 0 Å². The van der Waals surface area contributed by atoms with Gasteiger partial charge >= 0.3 is 20.6 Å². The first-order chi connectivity index (χ1) is 41.2. The Kier molecular flexibility index (Phi) is 18.7. The summed E-state index contributed by atoms with van der Waals surface area (Å²) in [6.45, 7) is 5.44. The number of rotatable bonds is 22. The number of carbonyl (C=O) groups is 2. The Balaban J connectivity index is 0.772. The summed E-state index contributed by atoms with van der Waals surface area (Å²) in [5.41, 5.74) is 3.80. The van der Waals surface area contributed by atoms with Crippen LogP contribution in [0.25, 0.3) is 0 Å². The molecule has 4 aromatic carbocycles. The molecule has 2 aromatic heterocycles. The van der Waals surface area contributed by atoms with Crippen molar-refractivity contribution < 1.29 is 68.5 Å². The van der Waals surface area contributed by atoms with E-state index in [9.17, 15) is 40.5 Å². The predicted molar refractivity (Wildman–Crippen MR) is 309 cm³/mol. The molecule has 2 aliphatic carbocycles. The smallest absolute Gasteiger partial charge is 0.421 e. The largest absolute Gasteiger partial charge is 0.495 e. The first-order valence-corrected chi connectivity index (χ1v) is 29.6. The van der Waals surface area contributed by atoms with Gasteiger partial charge in [-0.25, -0.2) is 9.97 Å². The fourth-order valence-electron chi connectivity index (χ4n) is 11.9. The van der Waals surface area contributed by atoms with Gasteiger partial charge in [0.15, 0.2) is 0 Å². The quantitative estimate of drug-likeness (QED) is 0.0367. The Morgan fingerprint density at radius 2 is 0.942 bits per heavy atom. The molecule has 458 valence electrons. The average molecular weight is 1220 g/mol. The molecule has 0 bridgehead atoms. The highest BCUT2D eigenvalue weighted by Crippen LogP contribution is 2.46. The van der Waals surface area contributed by atoms with Gasteiger partial charge in [0.25, 0.3) is 11.8 Å². The van der Waals surface area contributed by atoms with Gasteiger partial charge < -0.3 is 59.1 Å². The average Bonchev–Trinajstić information content (AvgIpc) is 1.72. The van der Waals surface area contributed by atoms with Crippen LogP contribution in [0.1, 0.15) is 142 Å². The zero-order valence-electron chi connectivity index (χ0n) is 48.3. The van der Waals surface area contributed by atoms with Gasteiger partial charge in [0, 0.05) is 52.8 Å². The standard InChI is InChI=1S/C60H67F6N10O9P/c1-7-82-37-15-11-35(12-16-37)39-19-23-47(51-41(39)29-75(3)55(51)77)69-53-43(59(61,62)63)27-67-57(73-53)71-45-21-9-33(25-49(45)80-5)31-84-86(79)85-32-34-10-22-46(50(26-34)81-6)72-58-68-28-44(60(64,65)66)54(74-58)70-48-24-20-40(42-30-76(4)56(78)52(42)48)36-13-17-38(18-14-36)83-8-2/h9-10,19-28,35-38,86H,7-8,11-18,29-32H2,1-6H3,(H2,67,69,71,73)(H2,68,70,72,74). The van der Waals surface area contributed by atoms with Crippen molar-refractivity contribution in [1.82, 2.24) is 29.7 Å². The fourth-order valence-corrected chi connectivity index (χ4v) is 12.5. The van der Waals surface area contributed by atoms with Crippen LogP contribution in [0.15, 0.2) is 73.1 Å². The molecule has 2 fully saturated rings. The zero-order chi connectivity index (χ0) is 61.0. The minimum atomic E-state index is -4.85. The molecule has 26 heteroatoms.